The molecule has 1 amide bonds. The molecule has 0 saturated heterocycles. The summed E-state index contributed by atoms with van der Waals surface area (Å²) in [5.41, 5.74) is 4.05. The Kier molecular flexibility index (Phi) is 6.90. The molecule has 40 heavy (non-hydrogen) atoms. The number of pyridine rings is 1. The quantitative estimate of drug-likeness (QED) is 0.273. The highest BCUT2D eigenvalue weighted by atomic mass is 19.1. The highest BCUT2D eigenvalue weighted by Gasteiger charge is 2.43. The Morgan fingerprint density at radius 3 is 2.42 bits per heavy atom. The van der Waals surface area contributed by atoms with E-state index in [1.54, 1.807) is 42.5 Å². The summed E-state index contributed by atoms with van der Waals surface area (Å²) in [5.74, 6) is -2.01. The number of hydrazone groups is 1. The number of fused-ring (bicyclic) bond motifs is 2. The van der Waals surface area contributed by atoms with Gasteiger partial charge in [-0.15, -0.1) is 0 Å². The van der Waals surface area contributed by atoms with E-state index >= 15 is 0 Å². The number of nitrogens with zero attached hydrogens (tertiary/aromatic N) is 3. The van der Waals surface area contributed by atoms with Gasteiger partial charge in [0.05, 0.1) is 17.3 Å². The van der Waals surface area contributed by atoms with Crippen LogP contribution in [0.2, 0.25) is 0 Å². The Labute approximate surface area is 229 Å². The average Bonchev–Trinajstić information content (AvgIpc) is 3.38. The van der Waals surface area contributed by atoms with Crippen molar-refractivity contribution in [2.75, 3.05) is 6.61 Å². The maximum Gasteiger partial charge on any atom is 0.357 e. The lowest BCUT2D eigenvalue weighted by Gasteiger charge is -2.29. The molecule has 6 rings (SSSR count). The summed E-state index contributed by atoms with van der Waals surface area (Å²) in [7, 11) is 0. The van der Waals surface area contributed by atoms with Gasteiger partial charge in [-0.2, -0.15) is 5.10 Å². The Hall–Kier alpha value is -4.72. The van der Waals surface area contributed by atoms with Crippen LogP contribution in [0.5, 0.6) is 0 Å². The van der Waals surface area contributed by atoms with Crippen molar-refractivity contribution < 1.29 is 23.1 Å². The predicted octanol–water partition coefficient (Wildman–Crippen LogP) is 6.49. The molecule has 6 nitrogen and oxygen atoms in total. The zero-order valence-electron chi connectivity index (χ0n) is 21.5. The molecular formula is C32H25F2N3O3. The monoisotopic (exact) mass is 537 g/mol. The maximum atomic E-state index is 13.8. The van der Waals surface area contributed by atoms with Crippen LogP contribution >= 0.6 is 0 Å². The third-order valence-corrected chi connectivity index (χ3v) is 7.31. The van der Waals surface area contributed by atoms with Crippen LogP contribution in [0.4, 0.5) is 8.78 Å². The highest BCUT2D eigenvalue weighted by Crippen LogP contribution is 2.44. The number of aromatic nitrogens is 1. The minimum Gasteiger partial charge on any atom is -0.451 e. The van der Waals surface area contributed by atoms with E-state index in [9.17, 15) is 18.4 Å². The lowest BCUT2D eigenvalue weighted by molar-refractivity contribution is -0.137. The molecule has 3 aromatic carbocycles. The Morgan fingerprint density at radius 2 is 1.65 bits per heavy atom. The number of carbonyl (C=O) groups excluding carboxylic acids is 2. The molecule has 200 valence electrons. The van der Waals surface area contributed by atoms with Gasteiger partial charge in [0.15, 0.2) is 6.61 Å². The van der Waals surface area contributed by atoms with E-state index in [4.69, 9.17) is 9.84 Å². The Balaban J connectivity index is 1.27. The number of amides is 1. The number of halogens is 2. The lowest BCUT2D eigenvalue weighted by Crippen LogP contribution is -2.34. The molecule has 1 fully saturated rings. The van der Waals surface area contributed by atoms with E-state index in [-0.39, 0.29) is 23.2 Å². The van der Waals surface area contributed by atoms with Crippen LogP contribution in [0.1, 0.15) is 46.9 Å². The smallest absolute Gasteiger partial charge is 0.357 e. The third kappa shape index (κ3) is 5.12. The summed E-state index contributed by atoms with van der Waals surface area (Å²) >= 11 is 0. The van der Waals surface area contributed by atoms with Gasteiger partial charge in [-0.25, -0.2) is 23.6 Å². The highest BCUT2D eigenvalue weighted by molar-refractivity contribution is 6.08. The summed E-state index contributed by atoms with van der Waals surface area (Å²) in [4.78, 5) is 30.6. The van der Waals surface area contributed by atoms with Gasteiger partial charge in [-0.05, 0) is 78.4 Å². The van der Waals surface area contributed by atoms with Crippen molar-refractivity contribution >= 4 is 34.6 Å². The van der Waals surface area contributed by atoms with E-state index in [2.05, 4.69) is 4.98 Å². The first kappa shape index (κ1) is 25.6. The van der Waals surface area contributed by atoms with Gasteiger partial charge in [0, 0.05) is 11.3 Å². The topological polar surface area (TPSA) is 71.9 Å². The summed E-state index contributed by atoms with van der Waals surface area (Å²) in [6, 6.07) is 22.5. The molecular weight excluding hydrogens is 512 g/mol. The molecule has 1 aliphatic heterocycles. The second-order valence-corrected chi connectivity index (χ2v) is 9.91. The van der Waals surface area contributed by atoms with Crippen molar-refractivity contribution in [1.82, 2.24) is 9.99 Å². The largest absolute Gasteiger partial charge is 0.451 e. The summed E-state index contributed by atoms with van der Waals surface area (Å²) in [6.45, 7) is -0.522. The van der Waals surface area contributed by atoms with Crippen molar-refractivity contribution in [2.45, 2.75) is 25.3 Å². The fraction of sp³-hybridized carbons (Fsp3) is 0.188. The number of carbonyl (C=O) groups is 2. The zero-order chi connectivity index (χ0) is 27.6. The predicted molar refractivity (Wildman–Crippen MR) is 147 cm³/mol. The number of allylic oxidation sites excluding steroid dienone is 1. The van der Waals surface area contributed by atoms with Crippen LogP contribution in [0.3, 0.4) is 0 Å². The van der Waals surface area contributed by atoms with Crippen LogP contribution < -0.4 is 0 Å². The van der Waals surface area contributed by atoms with E-state index < -0.39 is 24.5 Å². The first-order valence-electron chi connectivity index (χ1n) is 13.1. The van der Waals surface area contributed by atoms with Gasteiger partial charge in [0.2, 0.25) is 0 Å². The van der Waals surface area contributed by atoms with Crippen molar-refractivity contribution in [1.29, 1.82) is 0 Å². The molecule has 0 bridgehead atoms. The van der Waals surface area contributed by atoms with Crippen molar-refractivity contribution in [2.24, 2.45) is 11.0 Å². The number of para-hydroxylation sites is 1. The van der Waals surface area contributed by atoms with E-state index in [1.165, 1.54) is 29.3 Å². The van der Waals surface area contributed by atoms with Crippen molar-refractivity contribution in [3.63, 3.8) is 0 Å². The molecule has 1 aliphatic carbocycles. The van der Waals surface area contributed by atoms with Crippen molar-refractivity contribution in [3.05, 3.63) is 119 Å². The second-order valence-electron chi connectivity index (χ2n) is 9.91. The summed E-state index contributed by atoms with van der Waals surface area (Å²) in [6.07, 6.45) is 4.38. The molecule has 2 unspecified atom stereocenters. The van der Waals surface area contributed by atoms with Crippen LogP contribution in [0.25, 0.3) is 17.0 Å². The van der Waals surface area contributed by atoms with E-state index in [0.29, 0.717) is 5.52 Å². The Morgan fingerprint density at radius 1 is 0.925 bits per heavy atom. The van der Waals surface area contributed by atoms with Gasteiger partial charge in [-0.1, -0.05) is 48.5 Å². The molecule has 1 saturated carbocycles. The molecule has 1 aromatic heterocycles. The number of hydrogen-bond acceptors (Lipinski definition) is 5. The first-order chi connectivity index (χ1) is 19.5. The van der Waals surface area contributed by atoms with Gasteiger partial charge in [0.1, 0.15) is 17.3 Å². The molecule has 4 aromatic rings. The number of rotatable bonds is 5. The average molecular weight is 538 g/mol. The van der Waals surface area contributed by atoms with Gasteiger partial charge < -0.3 is 4.74 Å². The minimum absolute atomic E-state index is 0.104. The number of ether oxygens (including phenoxy) is 1. The fourth-order valence-electron chi connectivity index (χ4n) is 5.41. The molecule has 2 atom stereocenters. The van der Waals surface area contributed by atoms with E-state index in [0.717, 1.165) is 47.1 Å². The zero-order valence-corrected chi connectivity index (χ0v) is 21.5. The van der Waals surface area contributed by atoms with Crippen LogP contribution in [0, 0.1) is 17.6 Å². The van der Waals surface area contributed by atoms with Gasteiger partial charge in [-0.3, -0.25) is 4.79 Å². The third-order valence-electron chi connectivity index (χ3n) is 7.31. The molecule has 0 N–H and O–H groups in total. The van der Waals surface area contributed by atoms with Gasteiger partial charge >= 0.3 is 5.97 Å². The first-order valence-corrected chi connectivity index (χ1v) is 13.1. The van der Waals surface area contributed by atoms with E-state index in [1.807, 2.05) is 24.3 Å². The fourth-order valence-corrected chi connectivity index (χ4v) is 5.41. The van der Waals surface area contributed by atoms with Crippen LogP contribution in [0.15, 0.2) is 95.6 Å². The SMILES string of the molecule is O=C(OCC(=O)N1N=C2C(=Cc3ccc(F)cc3)CCCC2C1c1ccc(F)cc1)c1ccc2ccccc2n1. The summed E-state index contributed by atoms with van der Waals surface area (Å²) in [5, 5.41) is 6.98. The van der Waals surface area contributed by atoms with Gasteiger partial charge in [0.25, 0.3) is 5.91 Å². The second kappa shape index (κ2) is 10.8. The lowest BCUT2D eigenvalue weighted by atomic mass is 9.77. The van der Waals surface area contributed by atoms with Crippen LogP contribution in [-0.4, -0.2) is 34.2 Å². The van der Waals surface area contributed by atoms with Crippen LogP contribution in [-0.2, 0) is 9.53 Å². The molecule has 0 spiro atoms. The molecule has 2 aliphatic rings. The number of benzene rings is 3. The van der Waals surface area contributed by atoms with Crippen molar-refractivity contribution in [3.8, 4) is 0 Å². The number of hydrogen-bond donors (Lipinski definition) is 0. The summed E-state index contributed by atoms with van der Waals surface area (Å²) < 4.78 is 32.6. The molecule has 0 radical (unpaired) electrons. The molecule has 2 heterocycles. The minimum atomic E-state index is -0.710. The Bertz CT molecular complexity index is 1650. The number of esters is 1. The standard InChI is InChI=1S/C32H25F2N3O3/c33-24-13-8-20(9-14-24)18-23-5-3-6-26-30(23)36-37(31(26)22-10-15-25(34)16-11-22)29(38)19-40-32(39)28-17-12-21-4-1-2-7-27(21)35-28/h1-2,4,7-18,26,31H,3,5-6,19H2. The maximum absolute atomic E-state index is 13.8. The molecule has 8 heteroatoms. The normalized spacial score (nSPS) is 19.4.